The van der Waals surface area contributed by atoms with E-state index in [0.717, 1.165) is 25.6 Å². The van der Waals surface area contributed by atoms with Gasteiger partial charge in [-0.25, -0.2) is 0 Å². The summed E-state index contributed by atoms with van der Waals surface area (Å²) in [7, 11) is 2.20. The Morgan fingerprint density at radius 3 is 2.76 bits per heavy atom. The lowest BCUT2D eigenvalue weighted by atomic mass is 10.2. The quantitative estimate of drug-likeness (QED) is 0.419. The number of likely N-dealkylation sites (tertiary alicyclic amines) is 1. The molecule has 0 bridgehead atoms. The molecule has 1 atom stereocenters. The Labute approximate surface area is 106 Å². The molecule has 1 fully saturated rings. The van der Waals surface area contributed by atoms with Crippen molar-refractivity contribution in [1.82, 2.24) is 15.5 Å². The third-order valence-corrected chi connectivity index (χ3v) is 3.30. The zero-order chi connectivity index (χ0) is 12.5. The number of guanidine groups is 1. The summed E-state index contributed by atoms with van der Waals surface area (Å²) in [6.07, 6.45) is 5.02. The first-order chi connectivity index (χ1) is 8.27. The van der Waals surface area contributed by atoms with Crippen molar-refractivity contribution >= 4 is 5.96 Å². The van der Waals surface area contributed by atoms with Gasteiger partial charge in [0.2, 0.25) is 0 Å². The van der Waals surface area contributed by atoms with E-state index in [1.165, 1.54) is 32.2 Å². The van der Waals surface area contributed by atoms with Crippen LogP contribution in [0.15, 0.2) is 4.99 Å². The maximum absolute atomic E-state index is 4.67. The first-order valence-corrected chi connectivity index (χ1v) is 7.00. The minimum atomic E-state index is 0.636. The topological polar surface area (TPSA) is 39.7 Å². The lowest BCUT2D eigenvalue weighted by Crippen LogP contribution is -2.39. The molecular weight excluding hydrogens is 212 g/mol. The fourth-order valence-corrected chi connectivity index (χ4v) is 2.13. The highest BCUT2D eigenvalue weighted by atomic mass is 15.2. The van der Waals surface area contributed by atoms with E-state index >= 15 is 0 Å². The molecule has 1 saturated heterocycles. The number of nitrogens with zero attached hydrogens (tertiary/aromatic N) is 2. The fraction of sp³-hybridized carbons (Fsp3) is 0.923. The minimum Gasteiger partial charge on any atom is -0.357 e. The molecule has 17 heavy (non-hydrogen) atoms. The first-order valence-electron chi connectivity index (χ1n) is 7.00. The highest BCUT2D eigenvalue weighted by molar-refractivity contribution is 5.79. The summed E-state index contributed by atoms with van der Waals surface area (Å²) in [5, 5.41) is 6.68. The Kier molecular flexibility index (Phi) is 7.01. The predicted octanol–water partition coefficient (Wildman–Crippen LogP) is 1.44. The van der Waals surface area contributed by atoms with E-state index in [4.69, 9.17) is 0 Å². The zero-order valence-corrected chi connectivity index (χ0v) is 11.6. The van der Waals surface area contributed by atoms with Crippen molar-refractivity contribution in [2.24, 2.45) is 4.99 Å². The van der Waals surface area contributed by atoms with Gasteiger partial charge in [0.25, 0.3) is 0 Å². The van der Waals surface area contributed by atoms with Gasteiger partial charge in [-0.1, -0.05) is 13.3 Å². The van der Waals surface area contributed by atoms with Crippen LogP contribution in [0.25, 0.3) is 0 Å². The molecule has 100 valence electrons. The Morgan fingerprint density at radius 1 is 1.35 bits per heavy atom. The van der Waals surface area contributed by atoms with Crippen molar-refractivity contribution in [2.75, 3.05) is 33.2 Å². The van der Waals surface area contributed by atoms with E-state index in [0.29, 0.717) is 6.04 Å². The van der Waals surface area contributed by atoms with E-state index in [1.807, 2.05) is 0 Å². The van der Waals surface area contributed by atoms with Crippen LogP contribution >= 0.6 is 0 Å². The normalized spacial score (nSPS) is 21.8. The maximum Gasteiger partial charge on any atom is 0.191 e. The average molecular weight is 240 g/mol. The Bertz CT molecular complexity index is 227. The van der Waals surface area contributed by atoms with Crippen molar-refractivity contribution in [3.63, 3.8) is 0 Å². The van der Waals surface area contributed by atoms with Crippen LogP contribution in [-0.4, -0.2) is 50.1 Å². The highest BCUT2D eigenvalue weighted by Gasteiger charge is 2.20. The van der Waals surface area contributed by atoms with Gasteiger partial charge < -0.3 is 15.5 Å². The van der Waals surface area contributed by atoms with E-state index in [1.54, 1.807) is 0 Å². The van der Waals surface area contributed by atoms with Crippen molar-refractivity contribution < 1.29 is 0 Å². The van der Waals surface area contributed by atoms with Gasteiger partial charge in [-0.05, 0) is 39.8 Å². The zero-order valence-electron chi connectivity index (χ0n) is 11.6. The van der Waals surface area contributed by atoms with E-state index in [9.17, 15) is 0 Å². The second-order valence-electron chi connectivity index (χ2n) is 4.78. The third kappa shape index (κ3) is 5.39. The molecule has 0 aromatic heterocycles. The summed E-state index contributed by atoms with van der Waals surface area (Å²) < 4.78 is 0. The Balaban J connectivity index is 2.33. The average Bonchev–Trinajstić information content (AvgIpc) is 2.72. The first kappa shape index (κ1) is 14.3. The monoisotopic (exact) mass is 240 g/mol. The predicted molar refractivity (Wildman–Crippen MR) is 74.5 cm³/mol. The number of nitrogens with one attached hydrogen (secondary N) is 2. The molecule has 1 rings (SSSR count). The largest absolute Gasteiger partial charge is 0.357 e. The van der Waals surface area contributed by atoms with Crippen LogP contribution in [-0.2, 0) is 0 Å². The summed E-state index contributed by atoms with van der Waals surface area (Å²) >= 11 is 0. The van der Waals surface area contributed by atoms with Gasteiger partial charge in [0, 0.05) is 19.1 Å². The van der Waals surface area contributed by atoms with Crippen LogP contribution in [0.2, 0.25) is 0 Å². The number of hydrogen-bond acceptors (Lipinski definition) is 2. The number of aliphatic imine (C=N–C) groups is 1. The Hall–Kier alpha value is -0.770. The summed E-state index contributed by atoms with van der Waals surface area (Å²) in [5.74, 6) is 0.973. The maximum atomic E-state index is 4.67. The summed E-state index contributed by atoms with van der Waals surface area (Å²) in [6, 6.07) is 0.636. The van der Waals surface area contributed by atoms with Gasteiger partial charge in [-0.2, -0.15) is 0 Å². The second-order valence-corrected chi connectivity index (χ2v) is 4.78. The summed E-state index contributed by atoms with van der Waals surface area (Å²) in [5.41, 5.74) is 0. The molecule has 4 nitrogen and oxygen atoms in total. The molecular formula is C13H28N4. The SMILES string of the molecule is CCCCNC(=NCC1CCCN1C)NCC. The molecule has 0 aromatic carbocycles. The standard InChI is InChI=1S/C13H28N4/c1-4-6-9-15-13(14-5-2)16-11-12-8-7-10-17(12)3/h12H,4-11H2,1-3H3,(H2,14,15,16). The van der Waals surface area contributed by atoms with E-state index in [-0.39, 0.29) is 0 Å². The van der Waals surface area contributed by atoms with Crippen molar-refractivity contribution in [2.45, 2.75) is 45.6 Å². The van der Waals surface area contributed by atoms with E-state index in [2.05, 4.69) is 41.4 Å². The van der Waals surface area contributed by atoms with Gasteiger partial charge in [-0.15, -0.1) is 0 Å². The van der Waals surface area contributed by atoms with Crippen LogP contribution in [0.1, 0.15) is 39.5 Å². The number of rotatable bonds is 6. The number of hydrogen-bond donors (Lipinski definition) is 2. The minimum absolute atomic E-state index is 0.636. The van der Waals surface area contributed by atoms with Crippen LogP contribution < -0.4 is 10.6 Å². The molecule has 1 aliphatic rings. The van der Waals surface area contributed by atoms with Crippen molar-refractivity contribution in [3.8, 4) is 0 Å². The molecule has 1 aliphatic heterocycles. The molecule has 1 unspecified atom stereocenters. The van der Waals surface area contributed by atoms with Crippen LogP contribution in [0.4, 0.5) is 0 Å². The molecule has 1 heterocycles. The molecule has 0 aliphatic carbocycles. The van der Waals surface area contributed by atoms with E-state index < -0.39 is 0 Å². The molecule has 0 radical (unpaired) electrons. The molecule has 0 amide bonds. The van der Waals surface area contributed by atoms with Crippen LogP contribution in [0.3, 0.4) is 0 Å². The Morgan fingerprint density at radius 2 is 2.18 bits per heavy atom. The smallest absolute Gasteiger partial charge is 0.191 e. The molecule has 0 aromatic rings. The van der Waals surface area contributed by atoms with Gasteiger partial charge >= 0.3 is 0 Å². The van der Waals surface area contributed by atoms with Crippen LogP contribution in [0, 0.1) is 0 Å². The van der Waals surface area contributed by atoms with Crippen molar-refractivity contribution in [3.05, 3.63) is 0 Å². The lowest BCUT2D eigenvalue weighted by Gasteiger charge is -2.18. The molecule has 2 N–H and O–H groups in total. The number of unbranched alkanes of at least 4 members (excludes halogenated alkanes) is 1. The number of likely N-dealkylation sites (N-methyl/N-ethyl adjacent to an activating group) is 1. The fourth-order valence-electron chi connectivity index (χ4n) is 2.13. The third-order valence-electron chi connectivity index (χ3n) is 3.30. The summed E-state index contributed by atoms with van der Waals surface area (Å²) in [6.45, 7) is 8.40. The molecule has 4 heteroatoms. The van der Waals surface area contributed by atoms with Crippen molar-refractivity contribution in [1.29, 1.82) is 0 Å². The van der Waals surface area contributed by atoms with Gasteiger partial charge in [0.05, 0.1) is 6.54 Å². The lowest BCUT2D eigenvalue weighted by molar-refractivity contribution is 0.317. The second kappa shape index (κ2) is 8.34. The van der Waals surface area contributed by atoms with Gasteiger partial charge in [-0.3, -0.25) is 4.99 Å². The summed E-state index contributed by atoms with van der Waals surface area (Å²) in [4.78, 5) is 7.09. The molecule has 0 spiro atoms. The van der Waals surface area contributed by atoms with Gasteiger partial charge in [0.15, 0.2) is 5.96 Å². The molecule has 0 saturated carbocycles. The highest BCUT2D eigenvalue weighted by Crippen LogP contribution is 2.14. The van der Waals surface area contributed by atoms with Gasteiger partial charge in [0.1, 0.15) is 0 Å². The van der Waals surface area contributed by atoms with Crippen LogP contribution in [0.5, 0.6) is 0 Å².